The van der Waals surface area contributed by atoms with E-state index in [1.54, 1.807) is 23.3 Å². The summed E-state index contributed by atoms with van der Waals surface area (Å²) in [6.45, 7) is 0.794. The van der Waals surface area contributed by atoms with Gasteiger partial charge in [0.1, 0.15) is 16.9 Å². The van der Waals surface area contributed by atoms with Crippen LogP contribution in [0.25, 0.3) is 21.9 Å². The molecule has 138 valence electrons. The highest BCUT2D eigenvalue weighted by molar-refractivity contribution is 7.09. The summed E-state index contributed by atoms with van der Waals surface area (Å²) in [6.07, 6.45) is 0. The highest BCUT2D eigenvalue weighted by Crippen LogP contribution is 2.36. The van der Waals surface area contributed by atoms with Crippen LogP contribution in [0, 0.1) is 0 Å². The van der Waals surface area contributed by atoms with Crippen LogP contribution in [0.5, 0.6) is 5.75 Å². The van der Waals surface area contributed by atoms with E-state index in [1.165, 1.54) is 0 Å². The standard InChI is InChI=1S/C21H20N2O3S/c1-23(13-14-6-5-9-27-14)21(24)12-22-17-11-19-16(10-20(17)25-2)15-7-3-4-8-18(15)26-19/h3-11,22H,12-13H2,1-2H3. The first kappa shape index (κ1) is 17.4. The summed E-state index contributed by atoms with van der Waals surface area (Å²) in [5, 5.41) is 7.24. The first-order valence-electron chi connectivity index (χ1n) is 8.65. The topological polar surface area (TPSA) is 54.7 Å². The van der Waals surface area contributed by atoms with Crippen LogP contribution in [0.2, 0.25) is 0 Å². The predicted octanol–water partition coefficient (Wildman–Crippen LogP) is 4.73. The van der Waals surface area contributed by atoms with E-state index in [4.69, 9.17) is 9.15 Å². The fourth-order valence-electron chi connectivity index (χ4n) is 3.09. The van der Waals surface area contributed by atoms with Gasteiger partial charge in [0.25, 0.3) is 0 Å². The Morgan fingerprint density at radius 2 is 2.00 bits per heavy atom. The Balaban J connectivity index is 1.54. The number of carbonyl (C=O) groups is 1. The van der Waals surface area contributed by atoms with Gasteiger partial charge in [0.15, 0.2) is 0 Å². The number of furan rings is 1. The molecule has 0 aliphatic carbocycles. The lowest BCUT2D eigenvalue weighted by Gasteiger charge is -2.18. The van der Waals surface area contributed by atoms with Crippen LogP contribution >= 0.6 is 11.3 Å². The quantitative estimate of drug-likeness (QED) is 0.526. The lowest BCUT2D eigenvalue weighted by molar-refractivity contribution is -0.128. The molecule has 0 aliphatic rings. The van der Waals surface area contributed by atoms with Gasteiger partial charge >= 0.3 is 0 Å². The molecule has 0 fully saturated rings. The molecule has 2 aromatic carbocycles. The molecule has 4 rings (SSSR count). The van der Waals surface area contributed by atoms with E-state index in [0.717, 1.165) is 32.5 Å². The summed E-state index contributed by atoms with van der Waals surface area (Å²) in [7, 11) is 3.43. The molecule has 0 atom stereocenters. The maximum atomic E-state index is 12.5. The Hall–Kier alpha value is -2.99. The van der Waals surface area contributed by atoms with E-state index < -0.39 is 0 Å². The molecule has 4 aromatic rings. The number of likely N-dealkylation sites (N-methyl/N-ethyl adjacent to an activating group) is 1. The Kier molecular flexibility index (Phi) is 4.73. The monoisotopic (exact) mass is 380 g/mol. The number of carbonyl (C=O) groups excluding carboxylic acids is 1. The van der Waals surface area contributed by atoms with E-state index in [9.17, 15) is 4.79 Å². The van der Waals surface area contributed by atoms with Crippen molar-refractivity contribution in [2.24, 2.45) is 0 Å². The van der Waals surface area contributed by atoms with Gasteiger partial charge in [-0.25, -0.2) is 0 Å². The first-order valence-corrected chi connectivity index (χ1v) is 9.53. The summed E-state index contributed by atoms with van der Waals surface area (Å²) in [4.78, 5) is 15.3. The SMILES string of the molecule is COc1cc2c(cc1NCC(=O)N(C)Cc1cccs1)oc1ccccc12. The molecule has 27 heavy (non-hydrogen) atoms. The molecule has 0 spiro atoms. The van der Waals surface area contributed by atoms with E-state index in [-0.39, 0.29) is 12.5 Å². The van der Waals surface area contributed by atoms with Crippen molar-refractivity contribution < 1.29 is 13.9 Å². The summed E-state index contributed by atoms with van der Waals surface area (Å²) in [5.41, 5.74) is 2.33. The third-order valence-electron chi connectivity index (χ3n) is 4.53. The van der Waals surface area contributed by atoms with Gasteiger partial charge in [0.2, 0.25) is 5.91 Å². The fraction of sp³-hybridized carbons (Fsp3) is 0.190. The predicted molar refractivity (Wildman–Crippen MR) is 110 cm³/mol. The van der Waals surface area contributed by atoms with Gasteiger partial charge in [-0.1, -0.05) is 24.3 Å². The molecule has 1 N–H and O–H groups in total. The Morgan fingerprint density at radius 3 is 2.78 bits per heavy atom. The molecule has 0 saturated carbocycles. The second-order valence-corrected chi connectivity index (χ2v) is 7.36. The zero-order chi connectivity index (χ0) is 18.8. The second-order valence-electron chi connectivity index (χ2n) is 6.33. The number of ether oxygens (including phenoxy) is 1. The van der Waals surface area contributed by atoms with E-state index >= 15 is 0 Å². The van der Waals surface area contributed by atoms with Crippen LogP contribution in [-0.4, -0.2) is 31.5 Å². The average Bonchev–Trinajstić information content (AvgIpc) is 3.32. The molecule has 0 unspecified atom stereocenters. The number of nitrogens with zero attached hydrogens (tertiary/aromatic N) is 1. The molecule has 5 nitrogen and oxygen atoms in total. The van der Waals surface area contributed by atoms with Crippen molar-refractivity contribution in [2.45, 2.75) is 6.54 Å². The van der Waals surface area contributed by atoms with Crippen molar-refractivity contribution in [3.05, 3.63) is 58.8 Å². The smallest absolute Gasteiger partial charge is 0.241 e. The normalized spacial score (nSPS) is 11.0. The molecule has 2 heterocycles. The lowest BCUT2D eigenvalue weighted by Crippen LogP contribution is -2.31. The van der Waals surface area contributed by atoms with Crippen LogP contribution in [0.1, 0.15) is 4.88 Å². The van der Waals surface area contributed by atoms with E-state index in [1.807, 2.05) is 61.0 Å². The van der Waals surface area contributed by atoms with Crippen molar-refractivity contribution in [2.75, 3.05) is 26.0 Å². The molecule has 6 heteroatoms. The Morgan fingerprint density at radius 1 is 1.15 bits per heavy atom. The third-order valence-corrected chi connectivity index (χ3v) is 5.39. The summed E-state index contributed by atoms with van der Waals surface area (Å²) in [6, 6.07) is 15.8. The number of hydrogen-bond donors (Lipinski definition) is 1. The number of para-hydroxylation sites is 1. The molecule has 0 saturated heterocycles. The van der Waals surface area contributed by atoms with Crippen LogP contribution in [0.3, 0.4) is 0 Å². The van der Waals surface area contributed by atoms with Crippen LogP contribution in [0.15, 0.2) is 58.3 Å². The molecule has 0 bridgehead atoms. The fourth-order valence-corrected chi connectivity index (χ4v) is 3.85. The van der Waals surface area contributed by atoms with Crippen molar-refractivity contribution in [3.8, 4) is 5.75 Å². The van der Waals surface area contributed by atoms with Gasteiger partial charge in [0.05, 0.1) is 25.9 Å². The van der Waals surface area contributed by atoms with Gasteiger partial charge in [-0.05, 0) is 23.6 Å². The zero-order valence-corrected chi connectivity index (χ0v) is 16.0. The largest absolute Gasteiger partial charge is 0.495 e. The zero-order valence-electron chi connectivity index (χ0n) is 15.2. The molecular formula is C21H20N2O3S. The third kappa shape index (κ3) is 3.48. The van der Waals surface area contributed by atoms with E-state index in [0.29, 0.717) is 12.3 Å². The lowest BCUT2D eigenvalue weighted by atomic mass is 10.1. The summed E-state index contributed by atoms with van der Waals surface area (Å²) in [5.74, 6) is 0.693. The minimum atomic E-state index is 0.00940. The van der Waals surface area contributed by atoms with Crippen molar-refractivity contribution in [3.63, 3.8) is 0 Å². The number of hydrogen-bond acceptors (Lipinski definition) is 5. The molecule has 1 amide bonds. The number of anilines is 1. The van der Waals surface area contributed by atoms with Gasteiger partial charge in [-0.3, -0.25) is 4.79 Å². The minimum Gasteiger partial charge on any atom is -0.495 e. The maximum Gasteiger partial charge on any atom is 0.241 e. The highest BCUT2D eigenvalue weighted by atomic mass is 32.1. The number of rotatable bonds is 6. The number of methoxy groups -OCH3 is 1. The molecule has 0 aliphatic heterocycles. The van der Waals surface area contributed by atoms with Crippen LogP contribution in [-0.2, 0) is 11.3 Å². The van der Waals surface area contributed by atoms with Gasteiger partial charge in [-0.2, -0.15) is 0 Å². The summed E-state index contributed by atoms with van der Waals surface area (Å²) >= 11 is 1.65. The summed E-state index contributed by atoms with van der Waals surface area (Å²) < 4.78 is 11.4. The first-order chi connectivity index (χ1) is 13.2. The maximum absolute atomic E-state index is 12.5. The second kappa shape index (κ2) is 7.32. The molecule has 2 aromatic heterocycles. The van der Waals surface area contributed by atoms with Crippen molar-refractivity contribution in [1.82, 2.24) is 4.90 Å². The number of thiophene rings is 1. The van der Waals surface area contributed by atoms with Gasteiger partial charge < -0.3 is 19.4 Å². The average molecular weight is 380 g/mol. The number of fused-ring (bicyclic) bond motifs is 3. The minimum absolute atomic E-state index is 0.00940. The number of nitrogens with one attached hydrogen (secondary N) is 1. The highest BCUT2D eigenvalue weighted by Gasteiger charge is 2.14. The van der Waals surface area contributed by atoms with Crippen LogP contribution in [0.4, 0.5) is 5.69 Å². The number of amides is 1. The van der Waals surface area contributed by atoms with Crippen molar-refractivity contribution >= 4 is 44.9 Å². The van der Waals surface area contributed by atoms with Gasteiger partial charge in [-0.15, -0.1) is 11.3 Å². The molecular weight excluding hydrogens is 360 g/mol. The van der Waals surface area contributed by atoms with Crippen LogP contribution < -0.4 is 10.1 Å². The Labute approximate surface area is 161 Å². The van der Waals surface area contributed by atoms with Crippen molar-refractivity contribution in [1.29, 1.82) is 0 Å². The van der Waals surface area contributed by atoms with E-state index in [2.05, 4.69) is 5.32 Å². The molecule has 0 radical (unpaired) electrons. The Bertz CT molecular complexity index is 1090. The number of benzene rings is 2. The van der Waals surface area contributed by atoms with Gasteiger partial charge in [0, 0.05) is 28.8 Å².